The molecule has 0 spiro atoms. The topological polar surface area (TPSA) is 50.7 Å². The minimum absolute atomic E-state index is 0.0309. The molecule has 1 amide bonds. The highest BCUT2D eigenvalue weighted by Crippen LogP contribution is 2.29. The van der Waals surface area contributed by atoms with Gasteiger partial charge in [0.25, 0.3) is 5.91 Å². The minimum Gasteiger partial charge on any atom is -0.483 e. The van der Waals surface area contributed by atoms with Gasteiger partial charge in [0.15, 0.2) is 6.61 Å². The van der Waals surface area contributed by atoms with Crippen molar-refractivity contribution in [3.05, 3.63) is 53.1 Å². The van der Waals surface area contributed by atoms with Crippen LogP contribution < -0.4 is 10.2 Å². The van der Waals surface area contributed by atoms with Crippen LogP contribution in [0.15, 0.2) is 52.7 Å². The van der Waals surface area contributed by atoms with Crippen molar-refractivity contribution in [2.45, 2.75) is 53.4 Å². The lowest BCUT2D eigenvalue weighted by atomic mass is 9.81. The van der Waals surface area contributed by atoms with Crippen LogP contribution in [0.1, 0.15) is 52.0 Å². The molecule has 1 aromatic rings. The summed E-state index contributed by atoms with van der Waals surface area (Å²) >= 11 is 0. The number of ether oxygens (including phenoxy) is 1. The summed E-state index contributed by atoms with van der Waals surface area (Å²) in [5.41, 5.74) is 6.51. The van der Waals surface area contributed by atoms with Crippen LogP contribution in [0.2, 0.25) is 0 Å². The third kappa shape index (κ3) is 7.41. The summed E-state index contributed by atoms with van der Waals surface area (Å²) in [4.78, 5) is 11.9. The van der Waals surface area contributed by atoms with E-state index in [2.05, 4.69) is 43.5 Å². The van der Waals surface area contributed by atoms with E-state index in [4.69, 9.17) is 4.74 Å². The van der Waals surface area contributed by atoms with Crippen molar-refractivity contribution >= 4 is 12.1 Å². The van der Waals surface area contributed by atoms with Crippen molar-refractivity contribution in [2.75, 3.05) is 6.61 Å². The molecule has 1 aliphatic carbocycles. The second-order valence-corrected chi connectivity index (χ2v) is 7.57. The molecule has 0 heterocycles. The minimum atomic E-state index is -0.240. The fourth-order valence-corrected chi connectivity index (χ4v) is 3.26. The van der Waals surface area contributed by atoms with E-state index in [9.17, 15) is 4.79 Å². The average molecular weight is 369 g/mol. The number of allylic oxidation sites excluding steroid dienone is 4. The second-order valence-electron chi connectivity index (χ2n) is 7.57. The number of nitrogens with one attached hydrogen (secondary N) is 1. The zero-order valence-corrected chi connectivity index (χ0v) is 17.0. The lowest BCUT2D eigenvalue weighted by molar-refractivity contribution is -0.123. The van der Waals surface area contributed by atoms with E-state index in [0.717, 1.165) is 37.0 Å². The number of hydrogen-bond acceptors (Lipinski definition) is 3. The molecule has 2 atom stereocenters. The van der Waals surface area contributed by atoms with Crippen molar-refractivity contribution in [2.24, 2.45) is 16.9 Å². The lowest BCUT2D eigenvalue weighted by Crippen LogP contribution is -2.26. The van der Waals surface area contributed by atoms with E-state index in [1.807, 2.05) is 37.4 Å². The van der Waals surface area contributed by atoms with Crippen LogP contribution in [0.4, 0.5) is 0 Å². The average Bonchev–Trinajstić information content (AvgIpc) is 2.62. The van der Waals surface area contributed by atoms with Crippen LogP contribution in [-0.4, -0.2) is 18.7 Å². The predicted molar refractivity (Wildman–Crippen MR) is 112 cm³/mol. The Balaban J connectivity index is 1.74. The summed E-state index contributed by atoms with van der Waals surface area (Å²) in [6.45, 7) is 8.43. The normalized spacial score (nSPS) is 19.5. The molecule has 2 unspecified atom stereocenters. The first-order valence-electron chi connectivity index (χ1n) is 9.79. The number of amides is 1. The van der Waals surface area contributed by atoms with Crippen molar-refractivity contribution in [3.63, 3.8) is 0 Å². The third-order valence-electron chi connectivity index (χ3n) is 4.90. The molecule has 1 N–H and O–H groups in total. The summed E-state index contributed by atoms with van der Waals surface area (Å²) in [6.07, 6.45) is 11.0. The molecule has 2 rings (SSSR count). The molecule has 0 aromatic heterocycles. The number of rotatable bonds is 8. The van der Waals surface area contributed by atoms with E-state index in [1.54, 1.807) is 5.57 Å². The van der Waals surface area contributed by atoms with E-state index in [-0.39, 0.29) is 12.5 Å². The number of benzene rings is 1. The van der Waals surface area contributed by atoms with Gasteiger partial charge < -0.3 is 4.74 Å². The largest absolute Gasteiger partial charge is 0.483 e. The number of nitrogens with zero attached hydrogens (tertiary/aromatic N) is 1. The maximum Gasteiger partial charge on any atom is 0.277 e. The standard InChI is InChI=1S/C23H32N2O2/c1-17(2)8-7-10-20-12-13-21(19(4)14-20)15-24-25-23(26)16-27-22-11-6-5-9-18(22)3/h5-6,8-9,11,14-15,19,21H,7,10,12-13,16H2,1-4H3,(H,25,26). The highest BCUT2D eigenvalue weighted by Gasteiger charge is 2.19. The Morgan fingerprint density at radius 2 is 2.11 bits per heavy atom. The number of hydrazone groups is 1. The highest BCUT2D eigenvalue weighted by molar-refractivity contribution is 5.78. The van der Waals surface area contributed by atoms with E-state index >= 15 is 0 Å². The highest BCUT2D eigenvalue weighted by atomic mass is 16.5. The van der Waals surface area contributed by atoms with Crippen molar-refractivity contribution < 1.29 is 9.53 Å². The van der Waals surface area contributed by atoms with Gasteiger partial charge >= 0.3 is 0 Å². The molecule has 27 heavy (non-hydrogen) atoms. The molecule has 0 aliphatic heterocycles. The fraction of sp³-hybridized carbons (Fsp3) is 0.478. The van der Waals surface area contributed by atoms with Crippen molar-refractivity contribution in [1.82, 2.24) is 5.43 Å². The van der Waals surface area contributed by atoms with Gasteiger partial charge in [-0.1, -0.05) is 48.4 Å². The summed E-state index contributed by atoms with van der Waals surface area (Å²) in [5.74, 6) is 1.30. The predicted octanol–water partition coefficient (Wildman–Crippen LogP) is 5.19. The fourth-order valence-electron chi connectivity index (χ4n) is 3.26. The van der Waals surface area contributed by atoms with Gasteiger partial charge in [0.1, 0.15) is 5.75 Å². The molecule has 146 valence electrons. The Hall–Kier alpha value is -2.36. The summed E-state index contributed by atoms with van der Waals surface area (Å²) < 4.78 is 5.53. The van der Waals surface area contributed by atoms with Gasteiger partial charge in [0.2, 0.25) is 0 Å². The molecule has 4 heteroatoms. The summed E-state index contributed by atoms with van der Waals surface area (Å²) in [7, 11) is 0. The van der Waals surface area contributed by atoms with Crippen LogP contribution in [0, 0.1) is 18.8 Å². The Bertz CT molecular complexity index is 715. The van der Waals surface area contributed by atoms with Crippen LogP contribution in [0.5, 0.6) is 5.75 Å². The smallest absolute Gasteiger partial charge is 0.277 e. The van der Waals surface area contributed by atoms with Gasteiger partial charge in [-0.3, -0.25) is 4.79 Å². The maximum atomic E-state index is 11.9. The molecule has 0 radical (unpaired) electrons. The zero-order valence-electron chi connectivity index (χ0n) is 17.0. The van der Waals surface area contributed by atoms with Gasteiger partial charge in [-0.2, -0.15) is 5.10 Å². The molecule has 0 saturated heterocycles. The van der Waals surface area contributed by atoms with Crippen LogP contribution >= 0.6 is 0 Å². The first kappa shape index (κ1) is 20.9. The number of carbonyl (C=O) groups is 1. The molecular weight excluding hydrogens is 336 g/mol. The number of aryl methyl sites for hydroxylation is 1. The van der Waals surface area contributed by atoms with Gasteiger partial charge in [-0.25, -0.2) is 5.43 Å². The third-order valence-corrected chi connectivity index (χ3v) is 4.90. The quantitative estimate of drug-likeness (QED) is 0.390. The van der Waals surface area contributed by atoms with Crippen molar-refractivity contribution in [1.29, 1.82) is 0 Å². The van der Waals surface area contributed by atoms with Crippen LogP contribution in [0.25, 0.3) is 0 Å². The zero-order chi connectivity index (χ0) is 19.6. The van der Waals surface area contributed by atoms with Gasteiger partial charge in [-0.05, 0) is 64.0 Å². The first-order chi connectivity index (χ1) is 13.0. The van der Waals surface area contributed by atoms with E-state index < -0.39 is 0 Å². The number of hydrogen-bond donors (Lipinski definition) is 1. The molecule has 0 bridgehead atoms. The van der Waals surface area contributed by atoms with E-state index in [0.29, 0.717) is 11.8 Å². The molecule has 0 fully saturated rings. The Morgan fingerprint density at radius 3 is 2.81 bits per heavy atom. The second kappa shape index (κ2) is 10.7. The Labute approximate surface area is 163 Å². The Morgan fingerprint density at radius 1 is 1.33 bits per heavy atom. The summed E-state index contributed by atoms with van der Waals surface area (Å²) in [5, 5.41) is 4.15. The Kier molecular flexibility index (Phi) is 8.31. The van der Waals surface area contributed by atoms with Crippen LogP contribution in [0.3, 0.4) is 0 Å². The lowest BCUT2D eigenvalue weighted by Gasteiger charge is -2.24. The van der Waals surface area contributed by atoms with Crippen LogP contribution in [-0.2, 0) is 4.79 Å². The number of para-hydroxylation sites is 1. The van der Waals surface area contributed by atoms with Gasteiger partial charge in [-0.15, -0.1) is 0 Å². The molecule has 4 nitrogen and oxygen atoms in total. The van der Waals surface area contributed by atoms with Crippen molar-refractivity contribution in [3.8, 4) is 5.75 Å². The first-order valence-corrected chi connectivity index (χ1v) is 9.79. The number of carbonyl (C=O) groups excluding carboxylic acids is 1. The molecule has 0 saturated carbocycles. The van der Waals surface area contributed by atoms with E-state index in [1.165, 1.54) is 5.57 Å². The summed E-state index contributed by atoms with van der Waals surface area (Å²) in [6, 6.07) is 7.65. The SMILES string of the molecule is CC(C)=CCCC1=CC(C)C(C=NNC(=O)COc2ccccc2C)CC1. The maximum absolute atomic E-state index is 11.9. The molecular formula is C23H32N2O2. The molecule has 1 aromatic carbocycles. The van der Waals surface area contributed by atoms with Gasteiger partial charge in [0, 0.05) is 12.1 Å². The van der Waals surface area contributed by atoms with Gasteiger partial charge in [0.05, 0.1) is 0 Å². The monoisotopic (exact) mass is 368 g/mol. The molecule has 1 aliphatic rings.